The van der Waals surface area contributed by atoms with E-state index in [0.717, 1.165) is 79.6 Å². The molecular weight excluding hydrogens is 614 g/mol. The van der Waals surface area contributed by atoms with Crippen molar-refractivity contribution in [1.29, 1.82) is 0 Å². The quantitative estimate of drug-likeness (QED) is 0.0695. The summed E-state index contributed by atoms with van der Waals surface area (Å²) in [5, 5.41) is 6.94. The first-order valence-corrected chi connectivity index (χ1v) is 17.6. The first-order valence-electron chi connectivity index (χ1n) is 17.6. The highest BCUT2D eigenvalue weighted by Gasteiger charge is 2.09. The molecule has 0 atom stereocenters. The molecule has 0 fully saturated rings. The number of nitrogens with one attached hydrogen (secondary N) is 2. The topological polar surface area (TPSA) is 73.5 Å². The van der Waals surface area contributed by atoms with Crippen LogP contribution in [0.2, 0.25) is 0 Å². The van der Waals surface area contributed by atoms with Crippen LogP contribution in [0.25, 0.3) is 0 Å². The summed E-state index contributed by atoms with van der Waals surface area (Å²) in [5.74, 6) is 2.38. The third-order valence-corrected chi connectivity index (χ3v) is 7.92. The van der Waals surface area contributed by atoms with Gasteiger partial charge in [-0.2, -0.15) is 0 Å². The summed E-state index contributed by atoms with van der Waals surface area (Å²) in [4.78, 5) is 2.44. The second-order valence-electron chi connectivity index (χ2n) is 11.7. The molecule has 2 N–H and O–H groups in total. The Hall–Kier alpha value is -3.92. The first kappa shape index (κ1) is 37.9. The molecule has 0 aliphatic rings. The highest BCUT2D eigenvalue weighted by atomic mass is 16.5. The normalized spacial score (nSPS) is 11.1. The van der Waals surface area contributed by atoms with E-state index in [1.165, 1.54) is 6.42 Å². The lowest BCUT2D eigenvalue weighted by Crippen LogP contribution is -2.30. The van der Waals surface area contributed by atoms with Crippen LogP contribution in [0.5, 0.6) is 17.2 Å². The van der Waals surface area contributed by atoms with E-state index >= 15 is 0 Å². The third kappa shape index (κ3) is 16.4. The summed E-state index contributed by atoms with van der Waals surface area (Å²) in [6.07, 6.45) is 2.32. The Balaban J connectivity index is 0.995. The number of unbranched alkanes of at least 4 members (excludes halogenated alkanes) is 1. The molecule has 4 aromatic carbocycles. The van der Waals surface area contributed by atoms with Crippen molar-refractivity contribution in [2.24, 2.45) is 0 Å². The fraction of sp³-hybridized carbons (Fsp3) is 0.415. The average Bonchev–Trinajstić information content (AvgIpc) is 3.15. The van der Waals surface area contributed by atoms with Gasteiger partial charge in [-0.1, -0.05) is 85.8 Å². The molecule has 0 saturated heterocycles. The number of hydrogen-bond acceptors (Lipinski definition) is 8. The highest BCUT2D eigenvalue weighted by Crippen LogP contribution is 2.30. The van der Waals surface area contributed by atoms with Gasteiger partial charge in [-0.25, -0.2) is 0 Å². The monoisotopic (exact) mass is 668 g/mol. The zero-order chi connectivity index (χ0) is 34.0. The van der Waals surface area contributed by atoms with E-state index in [1.54, 1.807) is 0 Å². The van der Waals surface area contributed by atoms with Crippen LogP contribution < -0.4 is 24.8 Å². The van der Waals surface area contributed by atoms with Gasteiger partial charge in [0.05, 0.1) is 26.4 Å². The second-order valence-corrected chi connectivity index (χ2v) is 11.7. The highest BCUT2D eigenvalue weighted by molar-refractivity contribution is 5.43. The van der Waals surface area contributed by atoms with Crippen molar-refractivity contribution in [2.45, 2.75) is 39.5 Å². The Labute approximate surface area is 293 Å². The fourth-order valence-electron chi connectivity index (χ4n) is 5.11. The lowest BCUT2D eigenvalue weighted by Gasteiger charge is -2.20. The van der Waals surface area contributed by atoms with E-state index in [4.69, 9.17) is 23.7 Å². The van der Waals surface area contributed by atoms with E-state index in [2.05, 4.69) is 64.9 Å². The lowest BCUT2D eigenvalue weighted by molar-refractivity contribution is 0.0498. The predicted molar refractivity (Wildman–Crippen MR) is 196 cm³/mol. The zero-order valence-electron chi connectivity index (χ0n) is 29.1. The van der Waals surface area contributed by atoms with Crippen molar-refractivity contribution in [3.63, 3.8) is 0 Å². The van der Waals surface area contributed by atoms with Crippen molar-refractivity contribution >= 4 is 0 Å². The number of benzene rings is 4. The van der Waals surface area contributed by atoms with Crippen molar-refractivity contribution in [2.75, 3.05) is 72.3 Å². The molecule has 4 aromatic rings. The van der Waals surface area contributed by atoms with Gasteiger partial charge in [-0.15, -0.1) is 0 Å². The fourth-order valence-corrected chi connectivity index (χ4v) is 5.11. The molecule has 263 valence electrons. The van der Waals surface area contributed by atoms with Crippen molar-refractivity contribution < 1.29 is 23.7 Å². The number of hydrogen-bond donors (Lipinski definition) is 2. The number of nitrogens with zero attached hydrogens (tertiary/aromatic N) is 1. The first-order chi connectivity index (χ1) is 24.3. The van der Waals surface area contributed by atoms with E-state index < -0.39 is 0 Å². The van der Waals surface area contributed by atoms with Crippen LogP contribution in [0.4, 0.5) is 0 Å². The summed E-state index contributed by atoms with van der Waals surface area (Å²) in [7, 11) is 0. The maximum atomic E-state index is 6.21. The molecular formula is C41H54N3O5. The Morgan fingerprint density at radius 2 is 1.22 bits per heavy atom. The molecule has 0 aliphatic carbocycles. The SMILES string of the molecule is CCN(CCCCNCCOCCOCCNCc1ccc(OCc2ccccc2)c(OCc2ccccc2)c1)CCOc1cc[c]cc1. The van der Waals surface area contributed by atoms with Gasteiger partial charge in [-0.05, 0) is 79.5 Å². The average molecular weight is 669 g/mol. The van der Waals surface area contributed by atoms with Gasteiger partial charge in [0.15, 0.2) is 11.5 Å². The van der Waals surface area contributed by atoms with Crippen LogP contribution in [0, 0.1) is 6.07 Å². The van der Waals surface area contributed by atoms with E-state index in [9.17, 15) is 0 Å². The van der Waals surface area contributed by atoms with Crippen LogP contribution in [0.3, 0.4) is 0 Å². The van der Waals surface area contributed by atoms with Gasteiger partial charge < -0.3 is 39.2 Å². The second kappa shape index (κ2) is 24.3. The van der Waals surface area contributed by atoms with Crippen LogP contribution >= 0.6 is 0 Å². The van der Waals surface area contributed by atoms with Gasteiger partial charge in [0.2, 0.25) is 0 Å². The van der Waals surface area contributed by atoms with Gasteiger partial charge in [0.25, 0.3) is 0 Å². The Kier molecular flexibility index (Phi) is 18.8. The Morgan fingerprint density at radius 1 is 0.571 bits per heavy atom. The molecule has 0 unspecified atom stereocenters. The Morgan fingerprint density at radius 3 is 1.90 bits per heavy atom. The maximum Gasteiger partial charge on any atom is 0.162 e. The minimum Gasteiger partial charge on any atom is -0.492 e. The molecule has 0 spiro atoms. The van der Waals surface area contributed by atoms with Gasteiger partial charge >= 0.3 is 0 Å². The van der Waals surface area contributed by atoms with Gasteiger partial charge in [0.1, 0.15) is 25.6 Å². The molecule has 8 nitrogen and oxygen atoms in total. The van der Waals surface area contributed by atoms with Crippen molar-refractivity contribution in [3.8, 4) is 17.2 Å². The third-order valence-electron chi connectivity index (χ3n) is 7.92. The van der Waals surface area contributed by atoms with E-state index in [1.807, 2.05) is 66.7 Å². The van der Waals surface area contributed by atoms with Crippen LogP contribution in [-0.2, 0) is 29.2 Å². The van der Waals surface area contributed by atoms with E-state index in [-0.39, 0.29) is 0 Å². The maximum absolute atomic E-state index is 6.21. The van der Waals surface area contributed by atoms with Crippen molar-refractivity contribution in [1.82, 2.24) is 15.5 Å². The molecule has 0 bridgehead atoms. The summed E-state index contributed by atoms with van der Waals surface area (Å²) in [6.45, 7) is 12.8. The summed E-state index contributed by atoms with van der Waals surface area (Å²) in [5.41, 5.74) is 3.36. The molecule has 0 aliphatic heterocycles. The number of likely N-dealkylation sites (N-methyl/N-ethyl adjacent to an activating group) is 1. The van der Waals surface area contributed by atoms with Crippen LogP contribution in [0.1, 0.15) is 36.5 Å². The molecule has 4 rings (SSSR count). The Bertz CT molecular complexity index is 1380. The number of rotatable bonds is 27. The molecule has 0 heterocycles. The lowest BCUT2D eigenvalue weighted by atomic mass is 10.2. The minimum atomic E-state index is 0.482. The van der Waals surface area contributed by atoms with Gasteiger partial charge in [-0.3, -0.25) is 0 Å². The minimum absolute atomic E-state index is 0.482. The van der Waals surface area contributed by atoms with Crippen LogP contribution in [-0.4, -0.2) is 77.2 Å². The van der Waals surface area contributed by atoms with E-state index in [0.29, 0.717) is 52.8 Å². The molecule has 1 radical (unpaired) electrons. The molecule has 0 aromatic heterocycles. The zero-order valence-corrected chi connectivity index (χ0v) is 29.1. The predicted octanol–water partition coefficient (Wildman–Crippen LogP) is 6.54. The van der Waals surface area contributed by atoms with Crippen LogP contribution in [0.15, 0.2) is 103 Å². The molecule has 8 heteroatoms. The standard InChI is InChI=1S/C41H54N3O5/c1-2-44(26-29-47-39-18-10-5-11-19-39)25-13-12-22-42-23-27-45-30-31-46-28-24-43-33-38-20-21-40(48-34-36-14-6-3-7-15-36)41(32-38)49-35-37-16-8-4-9-17-37/h3-4,6-11,14-21,32,42-43H,2,12-13,22-31,33-35H2,1H3. The van der Waals surface area contributed by atoms with Crippen molar-refractivity contribution in [3.05, 3.63) is 126 Å². The number of ether oxygens (including phenoxy) is 5. The molecule has 49 heavy (non-hydrogen) atoms. The largest absolute Gasteiger partial charge is 0.492 e. The molecule has 0 amide bonds. The summed E-state index contributed by atoms with van der Waals surface area (Å²) < 4.78 is 29.6. The summed E-state index contributed by atoms with van der Waals surface area (Å²) in [6, 6.07) is 37.1. The van der Waals surface area contributed by atoms with Gasteiger partial charge in [0, 0.05) is 26.2 Å². The summed E-state index contributed by atoms with van der Waals surface area (Å²) >= 11 is 0. The molecule has 0 saturated carbocycles. The smallest absolute Gasteiger partial charge is 0.162 e.